The van der Waals surface area contributed by atoms with E-state index in [4.69, 9.17) is 0 Å². The Morgan fingerprint density at radius 2 is 1.95 bits per heavy atom. The highest BCUT2D eigenvalue weighted by Crippen LogP contribution is 2.30. The third-order valence-corrected chi connectivity index (χ3v) is 3.82. The van der Waals surface area contributed by atoms with Gasteiger partial charge in [0.1, 0.15) is 5.75 Å². The topological polar surface area (TPSA) is 60.8 Å². The molecule has 1 saturated carbocycles. The van der Waals surface area contributed by atoms with Crippen LogP contribution in [0.25, 0.3) is 0 Å². The van der Waals surface area contributed by atoms with Gasteiger partial charge in [0.15, 0.2) is 0 Å². The highest BCUT2D eigenvalue weighted by atomic mass is 16.3. The van der Waals surface area contributed by atoms with Crippen LogP contribution in [0.5, 0.6) is 5.75 Å². The van der Waals surface area contributed by atoms with E-state index < -0.39 is 5.60 Å². The molecule has 0 aliphatic heterocycles. The number of benzene rings is 1. The molecule has 19 heavy (non-hydrogen) atoms. The maximum atomic E-state index is 12.1. The van der Waals surface area contributed by atoms with E-state index in [9.17, 15) is 15.0 Å². The summed E-state index contributed by atoms with van der Waals surface area (Å²) < 4.78 is 0. The first kappa shape index (κ1) is 13.9. The van der Waals surface area contributed by atoms with Gasteiger partial charge < -0.3 is 15.1 Å². The standard InChI is InChI=1S/C15H21NO3/c1-16(11-15(19)8-4-5-9-15)14(18)10-12-6-2-3-7-13(12)17/h2-3,6-7,17,19H,4-5,8-11H2,1H3. The van der Waals surface area contributed by atoms with E-state index >= 15 is 0 Å². The van der Waals surface area contributed by atoms with Gasteiger partial charge in [-0.25, -0.2) is 0 Å². The lowest BCUT2D eigenvalue weighted by Crippen LogP contribution is -2.42. The Labute approximate surface area is 113 Å². The molecule has 2 rings (SSSR count). The summed E-state index contributed by atoms with van der Waals surface area (Å²) in [6.45, 7) is 0.374. The van der Waals surface area contributed by atoms with Crippen LogP contribution in [0.15, 0.2) is 24.3 Å². The fourth-order valence-corrected chi connectivity index (χ4v) is 2.68. The normalized spacial score (nSPS) is 17.4. The molecule has 0 unspecified atom stereocenters. The van der Waals surface area contributed by atoms with E-state index in [2.05, 4.69) is 0 Å². The Hall–Kier alpha value is -1.55. The number of phenols is 1. The molecule has 104 valence electrons. The molecule has 1 aliphatic carbocycles. The van der Waals surface area contributed by atoms with Gasteiger partial charge in [-0.2, -0.15) is 0 Å². The fourth-order valence-electron chi connectivity index (χ4n) is 2.68. The van der Waals surface area contributed by atoms with Crippen molar-refractivity contribution >= 4 is 5.91 Å². The Kier molecular flexibility index (Phi) is 4.10. The van der Waals surface area contributed by atoms with Crippen molar-refractivity contribution in [3.8, 4) is 5.75 Å². The Morgan fingerprint density at radius 3 is 2.58 bits per heavy atom. The van der Waals surface area contributed by atoms with Crippen LogP contribution in [-0.2, 0) is 11.2 Å². The Bertz CT molecular complexity index is 452. The summed E-state index contributed by atoms with van der Waals surface area (Å²) in [5, 5.41) is 19.9. The largest absolute Gasteiger partial charge is 0.508 e. The zero-order chi connectivity index (χ0) is 13.9. The third-order valence-electron chi connectivity index (χ3n) is 3.82. The molecule has 0 aromatic heterocycles. The van der Waals surface area contributed by atoms with Crippen molar-refractivity contribution in [3.05, 3.63) is 29.8 Å². The number of carbonyl (C=O) groups is 1. The van der Waals surface area contributed by atoms with Crippen LogP contribution in [0.1, 0.15) is 31.2 Å². The first-order chi connectivity index (χ1) is 9.00. The highest BCUT2D eigenvalue weighted by molar-refractivity contribution is 5.79. The van der Waals surface area contributed by atoms with Gasteiger partial charge in [0, 0.05) is 19.2 Å². The van der Waals surface area contributed by atoms with Gasteiger partial charge in [-0.05, 0) is 18.9 Å². The monoisotopic (exact) mass is 263 g/mol. The predicted octanol–water partition coefficient (Wildman–Crippen LogP) is 1.70. The van der Waals surface area contributed by atoms with Gasteiger partial charge in [0.25, 0.3) is 0 Å². The smallest absolute Gasteiger partial charge is 0.226 e. The van der Waals surface area contributed by atoms with Crippen LogP contribution in [-0.4, -0.2) is 40.2 Å². The van der Waals surface area contributed by atoms with Gasteiger partial charge in [0.2, 0.25) is 5.91 Å². The molecule has 0 atom stereocenters. The first-order valence-corrected chi connectivity index (χ1v) is 6.73. The lowest BCUT2D eigenvalue weighted by molar-refractivity contribution is -0.132. The number of aliphatic hydroxyl groups is 1. The molecule has 0 saturated heterocycles. The van der Waals surface area contributed by atoms with Gasteiger partial charge >= 0.3 is 0 Å². The van der Waals surface area contributed by atoms with E-state index in [1.807, 2.05) is 0 Å². The lowest BCUT2D eigenvalue weighted by Gasteiger charge is -2.28. The number of hydrogen-bond acceptors (Lipinski definition) is 3. The summed E-state index contributed by atoms with van der Waals surface area (Å²) in [6, 6.07) is 6.85. The maximum Gasteiger partial charge on any atom is 0.226 e. The first-order valence-electron chi connectivity index (χ1n) is 6.73. The summed E-state index contributed by atoms with van der Waals surface area (Å²) in [5.74, 6) is 0.0608. The molecule has 1 amide bonds. The molecular formula is C15H21NO3. The quantitative estimate of drug-likeness (QED) is 0.869. The van der Waals surface area contributed by atoms with E-state index in [0.717, 1.165) is 25.7 Å². The lowest BCUT2D eigenvalue weighted by atomic mass is 10.0. The Balaban J connectivity index is 1.94. The average molecular weight is 263 g/mol. The molecule has 1 aromatic carbocycles. The van der Waals surface area contributed by atoms with Crippen LogP contribution in [0.4, 0.5) is 0 Å². The zero-order valence-electron chi connectivity index (χ0n) is 11.3. The third kappa shape index (κ3) is 3.47. The minimum absolute atomic E-state index is 0.0816. The maximum absolute atomic E-state index is 12.1. The molecule has 0 heterocycles. The number of likely N-dealkylation sites (N-methyl/N-ethyl adjacent to an activating group) is 1. The molecule has 1 aromatic rings. The number of nitrogens with zero attached hydrogens (tertiary/aromatic N) is 1. The van der Waals surface area contributed by atoms with Crippen molar-refractivity contribution in [1.29, 1.82) is 0 Å². The van der Waals surface area contributed by atoms with Gasteiger partial charge in [-0.15, -0.1) is 0 Å². The van der Waals surface area contributed by atoms with Crippen LogP contribution in [0, 0.1) is 0 Å². The van der Waals surface area contributed by atoms with Gasteiger partial charge in [-0.3, -0.25) is 4.79 Å². The predicted molar refractivity (Wildman–Crippen MR) is 72.9 cm³/mol. The minimum Gasteiger partial charge on any atom is -0.508 e. The SMILES string of the molecule is CN(CC1(O)CCCC1)C(=O)Cc1ccccc1O. The van der Waals surface area contributed by atoms with Gasteiger partial charge in [-0.1, -0.05) is 31.0 Å². The number of aromatic hydroxyl groups is 1. The van der Waals surface area contributed by atoms with Crippen molar-refractivity contribution in [2.75, 3.05) is 13.6 Å². The van der Waals surface area contributed by atoms with E-state index in [0.29, 0.717) is 12.1 Å². The van der Waals surface area contributed by atoms with Crippen molar-refractivity contribution in [3.63, 3.8) is 0 Å². The highest BCUT2D eigenvalue weighted by Gasteiger charge is 2.33. The number of amides is 1. The van der Waals surface area contributed by atoms with Crippen molar-refractivity contribution < 1.29 is 15.0 Å². The van der Waals surface area contributed by atoms with Crippen LogP contribution >= 0.6 is 0 Å². The van der Waals surface area contributed by atoms with Crippen LogP contribution in [0.2, 0.25) is 0 Å². The molecular weight excluding hydrogens is 242 g/mol. The van der Waals surface area contributed by atoms with Crippen LogP contribution < -0.4 is 0 Å². The number of carbonyl (C=O) groups excluding carboxylic acids is 1. The second-order valence-corrected chi connectivity index (χ2v) is 5.49. The summed E-state index contributed by atoms with van der Waals surface area (Å²) in [5.41, 5.74) is -0.0962. The molecule has 0 radical (unpaired) electrons. The zero-order valence-corrected chi connectivity index (χ0v) is 11.3. The van der Waals surface area contributed by atoms with Crippen molar-refractivity contribution in [2.24, 2.45) is 0 Å². The second kappa shape index (κ2) is 5.61. The molecule has 4 nitrogen and oxygen atoms in total. The molecule has 4 heteroatoms. The molecule has 1 aliphatic rings. The number of phenolic OH excluding ortho intramolecular Hbond substituents is 1. The summed E-state index contributed by atoms with van der Waals surface area (Å²) in [6.07, 6.45) is 3.75. The molecule has 2 N–H and O–H groups in total. The summed E-state index contributed by atoms with van der Waals surface area (Å²) in [4.78, 5) is 13.7. The number of rotatable bonds is 4. The van der Waals surface area contributed by atoms with Crippen molar-refractivity contribution in [1.82, 2.24) is 4.90 Å². The molecule has 0 bridgehead atoms. The van der Waals surface area contributed by atoms with Crippen LogP contribution in [0.3, 0.4) is 0 Å². The summed E-state index contributed by atoms with van der Waals surface area (Å²) >= 11 is 0. The Morgan fingerprint density at radius 1 is 1.32 bits per heavy atom. The van der Waals surface area contributed by atoms with E-state index in [-0.39, 0.29) is 18.1 Å². The van der Waals surface area contributed by atoms with Crippen molar-refractivity contribution in [2.45, 2.75) is 37.7 Å². The summed E-state index contributed by atoms with van der Waals surface area (Å²) in [7, 11) is 1.71. The van der Waals surface area contributed by atoms with Gasteiger partial charge in [0.05, 0.1) is 12.0 Å². The molecule has 1 fully saturated rings. The second-order valence-electron chi connectivity index (χ2n) is 5.49. The fraction of sp³-hybridized carbons (Fsp3) is 0.533. The van der Waals surface area contributed by atoms with E-state index in [1.165, 1.54) is 0 Å². The number of hydrogen-bond donors (Lipinski definition) is 2. The minimum atomic E-state index is -0.719. The average Bonchev–Trinajstić information content (AvgIpc) is 2.78. The molecule has 0 spiro atoms. The van der Waals surface area contributed by atoms with E-state index in [1.54, 1.807) is 36.2 Å². The number of para-hydroxylation sites is 1.